The zero-order valence-corrected chi connectivity index (χ0v) is 14.0. The Kier molecular flexibility index (Phi) is 6.75. The third kappa shape index (κ3) is 4.24. The molecule has 0 saturated carbocycles. The van der Waals surface area contributed by atoms with Crippen LogP contribution in [0.4, 0.5) is 0 Å². The molecule has 0 aliphatic heterocycles. The smallest absolute Gasteiger partial charge is 0.138 e. The molecular formula is C16H21Cl2NO2. The van der Waals surface area contributed by atoms with Crippen LogP contribution in [0.3, 0.4) is 0 Å². The lowest BCUT2D eigenvalue weighted by molar-refractivity contribution is 0.154. The highest BCUT2D eigenvalue weighted by atomic mass is 35.5. The van der Waals surface area contributed by atoms with Gasteiger partial charge in [-0.1, -0.05) is 29.8 Å². The number of aliphatic hydroxyl groups is 1. The van der Waals surface area contributed by atoms with Gasteiger partial charge < -0.3 is 14.7 Å². The predicted molar refractivity (Wildman–Crippen MR) is 90.9 cm³/mol. The standard InChI is InChI=1S/C16H20ClNO2.ClH/c1-18(2)9-8-14(19)12-4-6-13-11(10-12)5-7-15(20-3)16(13)17;/h4-7,10,14,19H,8-9H2,1-3H3;1H. The zero-order chi connectivity index (χ0) is 14.7. The van der Waals surface area contributed by atoms with Crippen molar-refractivity contribution in [3.05, 3.63) is 40.9 Å². The van der Waals surface area contributed by atoms with E-state index in [1.54, 1.807) is 7.11 Å². The normalized spacial score (nSPS) is 12.3. The predicted octanol–water partition coefficient (Wildman–Crippen LogP) is 3.91. The summed E-state index contributed by atoms with van der Waals surface area (Å²) in [5, 5.41) is 12.8. The fourth-order valence-electron chi connectivity index (χ4n) is 2.20. The maximum Gasteiger partial charge on any atom is 0.138 e. The number of benzene rings is 2. The maximum atomic E-state index is 10.2. The lowest BCUT2D eigenvalue weighted by Crippen LogP contribution is -2.15. The number of rotatable bonds is 5. The molecule has 0 radical (unpaired) electrons. The van der Waals surface area contributed by atoms with E-state index in [1.807, 2.05) is 44.4 Å². The van der Waals surface area contributed by atoms with E-state index in [0.717, 1.165) is 22.9 Å². The van der Waals surface area contributed by atoms with E-state index in [0.29, 0.717) is 17.2 Å². The van der Waals surface area contributed by atoms with Crippen LogP contribution in [0.1, 0.15) is 18.1 Å². The van der Waals surface area contributed by atoms with Crippen molar-refractivity contribution in [2.45, 2.75) is 12.5 Å². The van der Waals surface area contributed by atoms with Gasteiger partial charge in [-0.25, -0.2) is 0 Å². The maximum absolute atomic E-state index is 10.2. The van der Waals surface area contributed by atoms with Gasteiger partial charge in [0.05, 0.1) is 18.2 Å². The summed E-state index contributed by atoms with van der Waals surface area (Å²) in [6, 6.07) is 9.66. The number of fused-ring (bicyclic) bond motifs is 1. The largest absolute Gasteiger partial charge is 0.495 e. The van der Waals surface area contributed by atoms with Crippen molar-refractivity contribution in [3.8, 4) is 5.75 Å². The zero-order valence-electron chi connectivity index (χ0n) is 12.5. The van der Waals surface area contributed by atoms with Gasteiger partial charge in [0.15, 0.2) is 0 Å². The van der Waals surface area contributed by atoms with Gasteiger partial charge in [0.2, 0.25) is 0 Å². The Labute approximate surface area is 136 Å². The lowest BCUT2D eigenvalue weighted by atomic mass is 10.0. The second-order valence-electron chi connectivity index (χ2n) is 5.17. The first-order valence-electron chi connectivity index (χ1n) is 6.62. The molecule has 0 amide bonds. The van der Waals surface area contributed by atoms with Gasteiger partial charge in [-0.05, 0) is 43.6 Å². The molecule has 0 heterocycles. The van der Waals surface area contributed by atoms with E-state index in [4.69, 9.17) is 16.3 Å². The number of methoxy groups -OCH3 is 1. The van der Waals surface area contributed by atoms with E-state index < -0.39 is 6.10 Å². The lowest BCUT2D eigenvalue weighted by Gasteiger charge is -2.15. The topological polar surface area (TPSA) is 32.7 Å². The summed E-state index contributed by atoms with van der Waals surface area (Å²) < 4.78 is 5.21. The minimum atomic E-state index is -0.456. The van der Waals surface area contributed by atoms with Crippen molar-refractivity contribution in [1.29, 1.82) is 0 Å². The molecule has 0 spiro atoms. The third-order valence-corrected chi connectivity index (χ3v) is 3.79. The van der Waals surface area contributed by atoms with Crippen molar-refractivity contribution >= 4 is 34.8 Å². The first-order valence-corrected chi connectivity index (χ1v) is 6.99. The summed E-state index contributed by atoms with van der Waals surface area (Å²) >= 11 is 6.28. The van der Waals surface area contributed by atoms with Crippen molar-refractivity contribution in [1.82, 2.24) is 4.90 Å². The van der Waals surface area contributed by atoms with Gasteiger partial charge in [0.25, 0.3) is 0 Å². The van der Waals surface area contributed by atoms with Crippen LogP contribution >= 0.6 is 24.0 Å². The number of nitrogens with zero attached hydrogens (tertiary/aromatic N) is 1. The Morgan fingerprint density at radius 1 is 1.24 bits per heavy atom. The van der Waals surface area contributed by atoms with Crippen LogP contribution in [-0.4, -0.2) is 37.8 Å². The van der Waals surface area contributed by atoms with E-state index in [1.165, 1.54) is 0 Å². The third-order valence-electron chi connectivity index (χ3n) is 3.40. The van der Waals surface area contributed by atoms with Crippen LogP contribution in [0.2, 0.25) is 5.02 Å². The van der Waals surface area contributed by atoms with Crippen LogP contribution in [0, 0.1) is 0 Å². The van der Waals surface area contributed by atoms with Crippen molar-refractivity contribution < 1.29 is 9.84 Å². The second-order valence-corrected chi connectivity index (χ2v) is 5.55. The number of halogens is 2. The Hall–Kier alpha value is -1.000. The van der Waals surface area contributed by atoms with Crippen LogP contribution in [-0.2, 0) is 0 Å². The van der Waals surface area contributed by atoms with Gasteiger partial charge >= 0.3 is 0 Å². The molecule has 1 N–H and O–H groups in total. The van der Waals surface area contributed by atoms with Gasteiger partial charge in [-0.15, -0.1) is 12.4 Å². The Morgan fingerprint density at radius 2 is 1.95 bits per heavy atom. The summed E-state index contributed by atoms with van der Waals surface area (Å²) in [5.41, 5.74) is 0.917. The second kappa shape index (κ2) is 7.85. The minimum Gasteiger partial charge on any atom is -0.495 e. The molecule has 0 aliphatic rings. The summed E-state index contributed by atoms with van der Waals surface area (Å²) in [5.74, 6) is 0.667. The van der Waals surface area contributed by atoms with Gasteiger partial charge in [-0.2, -0.15) is 0 Å². The van der Waals surface area contributed by atoms with Crippen LogP contribution < -0.4 is 4.74 Å². The van der Waals surface area contributed by atoms with Crippen molar-refractivity contribution in [2.75, 3.05) is 27.7 Å². The molecule has 2 aromatic carbocycles. The molecule has 2 rings (SSSR count). The molecule has 2 aromatic rings. The molecule has 5 heteroatoms. The first kappa shape index (κ1) is 18.1. The van der Waals surface area contributed by atoms with Crippen molar-refractivity contribution in [2.24, 2.45) is 0 Å². The van der Waals surface area contributed by atoms with E-state index in [2.05, 4.69) is 4.90 Å². The van der Waals surface area contributed by atoms with Crippen LogP contribution in [0.15, 0.2) is 30.3 Å². The molecule has 1 atom stereocenters. The fraction of sp³-hybridized carbons (Fsp3) is 0.375. The highest BCUT2D eigenvalue weighted by Crippen LogP contribution is 2.34. The molecule has 0 aromatic heterocycles. The summed E-state index contributed by atoms with van der Waals surface area (Å²) in [6.45, 7) is 0.850. The summed E-state index contributed by atoms with van der Waals surface area (Å²) in [4.78, 5) is 2.06. The molecule has 0 aliphatic carbocycles. The Bertz CT molecular complexity index is 602. The molecule has 0 fully saturated rings. The highest BCUT2D eigenvalue weighted by Gasteiger charge is 2.11. The number of hydrogen-bond donors (Lipinski definition) is 1. The molecule has 0 saturated heterocycles. The summed E-state index contributed by atoms with van der Waals surface area (Å²) in [7, 11) is 5.60. The van der Waals surface area contributed by atoms with Gasteiger partial charge in [0, 0.05) is 11.9 Å². The molecule has 0 bridgehead atoms. The van der Waals surface area contributed by atoms with E-state index in [-0.39, 0.29) is 12.4 Å². The van der Waals surface area contributed by atoms with E-state index >= 15 is 0 Å². The Morgan fingerprint density at radius 3 is 2.57 bits per heavy atom. The summed E-state index contributed by atoms with van der Waals surface area (Å²) in [6.07, 6.45) is 0.255. The molecular weight excluding hydrogens is 309 g/mol. The van der Waals surface area contributed by atoms with Gasteiger partial charge in [0.1, 0.15) is 5.75 Å². The molecule has 21 heavy (non-hydrogen) atoms. The number of ether oxygens (including phenoxy) is 1. The van der Waals surface area contributed by atoms with Crippen LogP contribution in [0.25, 0.3) is 10.8 Å². The SMILES string of the molecule is COc1ccc2cc(C(O)CCN(C)C)ccc2c1Cl.Cl. The van der Waals surface area contributed by atoms with E-state index in [9.17, 15) is 5.11 Å². The minimum absolute atomic E-state index is 0. The average Bonchev–Trinajstić information content (AvgIpc) is 2.44. The molecule has 116 valence electrons. The Balaban J connectivity index is 0.00000220. The molecule has 3 nitrogen and oxygen atoms in total. The van der Waals surface area contributed by atoms with Gasteiger partial charge in [-0.3, -0.25) is 0 Å². The fourth-order valence-corrected chi connectivity index (χ4v) is 2.51. The first-order chi connectivity index (χ1) is 9.52. The quantitative estimate of drug-likeness (QED) is 0.902. The number of hydrogen-bond acceptors (Lipinski definition) is 3. The highest BCUT2D eigenvalue weighted by molar-refractivity contribution is 6.37. The van der Waals surface area contributed by atoms with Crippen molar-refractivity contribution in [3.63, 3.8) is 0 Å². The van der Waals surface area contributed by atoms with Crippen LogP contribution in [0.5, 0.6) is 5.75 Å². The average molecular weight is 330 g/mol. The monoisotopic (exact) mass is 329 g/mol. The number of aliphatic hydroxyl groups excluding tert-OH is 1. The molecule has 1 unspecified atom stereocenters.